The highest BCUT2D eigenvalue weighted by Crippen LogP contribution is 2.16. The van der Waals surface area contributed by atoms with Gasteiger partial charge >= 0.3 is 0 Å². The first-order valence-corrected chi connectivity index (χ1v) is 8.30. The van der Waals surface area contributed by atoms with Gasteiger partial charge in [0.2, 0.25) is 0 Å². The molecule has 2 atom stereocenters. The molecular formula is C19H23N3O2. The van der Waals surface area contributed by atoms with Gasteiger partial charge in [-0.05, 0) is 50.2 Å². The topological polar surface area (TPSA) is 54.5 Å². The first kappa shape index (κ1) is 16.5. The highest BCUT2D eigenvalue weighted by molar-refractivity contribution is 5.94. The number of nitrogens with one attached hydrogen (secondary N) is 1. The van der Waals surface area contributed by atoms with Crippen molar-refractivity contribution in [2.45, 2.75) is 32.5 Å². The van der Waals surface area contributed by atoms with Crippen LogP contribution in [0.15, 0.2) is 48.7 Å². The first-order valence-electron chi connectivity index (χ1n) is 8.30. The molecular weight excluding hydrogens is 302 g/mol. The fourth-order valence-corrected chi connectivity index (χ4v) is 3.01. The zero-order valence-corrected chi connectivity index (χ0v) is 14.1. The van der Waals surface area contributed by atoms with Crippen LogP contribution in [-0.2, 0) is 6.61 Å². The van der Waals surface area contributed by atoms with E-state index >= 15 is 0 Å². The molecule has 3 rings (SSSR count). The zero-order valence-electron chi connectivity index (χ0n) is 14.1. The average molecular weight is 325 g/mol. The van der Waals surface area contributed by atoms with Crippen molar-refractivity contribution in [1.82, 2.24) is 15.2 Å². The first-order chi connectivity index (χ1) is 11.6. The summed E-state index contributed by atoms with van der Waals surface area (Å²) in [5.74, 6) is 0.811. The van der Waals surface area contributed by atoms with Crippen molar-refractivity contribution in [1.29, 1.82) is 0 Å². The maximum absolute atomic E-state index is 12.6. The van der Waals surface area contributed by atoms with E-state index in [-0.39, 0.29) is 5.91 Å². The van der Waals surface area contributed by atoms with Gasteiger partial charge in [-0.15, -0.1) is 0 Å². The number of piperazine rings is 1. The van der Waals surface area contributed by atoms with Gasteiger partial charge in [-0.2, -0.15) is 0 Å². The van der Waals surface area contributed by atoms with Crippen LogP contribution in [0.25, 0.3) is 0 Å². The standard InChI is InChI=1S/C19H23N3O2/c1-14-11-22(12-15(2)21-14)19(23)16-6-8-18(9-7-16)24-13-17-5-3-4-10-20-17/h3-10,14-15,21H,11-13H2,1-2H3/t14-,15-/m1/s1. The molecule has 24 heavy (non-hydrogen) atoms. The predicted molar refractivity (Wildman–Crippen MR) is 93.0 cm³/mol. The molecule has 1 aliphatic heterocycles. The Kier molecular flexibility index (Phi) is 5.11. The van der Waals surface area contributed by atoms with Crippen molar-refractivity contribution in [3.05, 3.63) is 59.9 Å². The lowest BCUT2D eigenvalue weighted by Gasteiger charge is -2.36. The van der Waals surface area contributed by atoms with Gasteiger partial charge in [-0.25, -0.2) is 0 Å². The SMILES string of the molecule is C[C@@H]1CN(C(=O)c2ccc(OCc3ccccn3)cc2)C[C@@H](C)N1. The summed E-state index contributed by atoms with van der Waals surface area (Å²) < 4.78 is 5.71. The summed E-state index contributed by atoms with van der Waals surface area (Å²) in [5, 5.41) is 3.44. The largest absolute Gasteiger partial charge is 0.487 e. The smallest absolute Gasteiger partial charge is 0.253 e. The summed E-state index contributed by atoms with van der Waals surface area (Å²) >= 11 is 0. The van der Waals surface area contributed by atoms with Crippen molar-refractivity contribution in [3.63, 3.8) is 0 Å². The van der Waals surface area contributed by atoms with Gasteiger partial charge in [0.05, 0.1) is 5.69 Å². The number of benzene rings is 1. The molecule has 0 bridgehead atoms. The highest BCUT2D eigenvalue weighted by atomic mass is 16.5. The van der Waals surface area contributed by atoms with Crippen LogP contribution in [-0.4, -0.2) is 41.0 Å². The minimum absolute atomic E-state index is 0.0754. The molecule has 1 N–H and O–H groups in total. The molecule has 1 aromatic carbocycles. The van der Waals surface area contributed by atoms with Gasteiger partial charge in [0, 0.05) is 36.9 Å². The van der Waals surface area contributed by atoms with Gasteiger partial charge in [0.25, 0.3) is 5.91 Å². The number of ether oxygens (including phenoxy) is 1. The van der Waals surface area contributed by atoms with Crippen LogP contribution >= 0.6 is 0 Å². The average Bonchev–Trinajstić information content (AvgIpc) is 2.60. The lowest BCUT2D eigenvalue weighted by atomic mass is 10.1. The Morgan fingerprint density at radius 2 is 1.88 bits per heavy atom. The molecule has 0 saturated carbocycles. The number of amides is 1. The summed E-state index contributed by atoms with van der Waals surface area (Å²) in [6.07, 6.45) is 1.75. The van der Waals surface area contributed by atoms with Crippen molar-refractivity contribution in [3.8, 4) is 5.75 Å². The van der Waals surface area contributed by atoms with Gasteiger partial charge in [-0.1, -0.05) is 6.07 Å². The maximum Gasteiger partial charge on any atom is 0.253 e. The van der Waals surface area contributed by atoms with Crippen LogP contribution in [0.5, 0.6) is 5.75 Å². The van der Waals surface area contributed by atoms with Crippen LogP contribution in [0, 0.1) is 0 Å². The van der Waals surface area contributed by atoms with Crippen LogP contribution in [0.3, 0.4) is 0 Å². The van der Waals surface area contributed by atoms with Crippen molar-refractivity contribution < 1.29 is 9.53 Å². The van der Waals surface area contributed by atoms with Crippen LogP contribution < -0.4 is 10.1 Å². The van der Waals surface area contributed by atoms with E-state index in [1.54, 1.807) is 6.20 Å². The number of hydrogen-bond donors (Lipinski definition) is 1. The Morgan fingerprint density at radius 3 is 2.50 bits per heavy atom. The quantitative estimate of drug-likeness (QED) is 0.938. The van der Waals surface area contributed by atoms with Gasteiger partial charge in [0.1, 0.15) is 12.4 Å². The number of pyridine rings is 1. The molecule has 5 heteroatoms. The molecule has 126 valence electrons. The lowest BCUT2D eigenvalue weighted by Crippen LogP contribution is -2.55. The summed E-state index contributed by atoms with van der Waals surface area (Å²) in [6, 6.07) is 13.7. The Morgan fingerprint density at radius 1 is 1.17 bits per heavy atom. The van der Waals surface area contributed by atoms with Crippen molar-refractivity contribution in [2.24, 2.45) is 0 Å². The number of aromatic nitrogens is 1. The molecule has 1 fully saturated rings. The molecule has 0 aliphatic carbocycles. The van der Waals surface area contributed by atoms with E-state index < -0.39 is 0 Å². The number of hydrogen-bond acceptors (Lipinski definition) is 4. The molecule has 1 amide bonds. The third-order valence-corrected chi connectivity index (χ3v) is 4.06. The van der Waals surface area contributed by atoms with E-state index in [1.165, 1.54) is 0 Å². The van der Waals surface area contributed by atoms with Crippen LogP contribution in [0.4, 0.5) is 0 Å². The highest BCUT2D eigenvalue weighted by Gasteiger charge is 2.25. The molecule has 1 aromatic heterocycles. The van der Waals surface area contributed by atoms with Crippen molar-refractivity contribution >= 4 is 5.91 Å². The summed E-state index contributed by atoms with van der Waals surface area (Å²) in [4.78, 5) is 18.8. The summed E-state index contributed by atoms with van der Waals surface area (Å²) in [7, 11) is 0. The summed E-state index contributed by atoms with van der Waals surface area (Å²) in [6.45, 7) is 6.10. The summed E-state index contributed by atoms with van der Waals surface area (Å²) in [5.41, 5.74) is 1.57. The van der Waals surface area contributed by atoms with Gasteiger partial charge in [-0.3, -0.25) is 9.78 Å². The fourth-order valence-electron chi connectivity index (χ4n) is 3.01. The van der Waals surface area contributed by atoms with Crippen LogP contribution in [0.1, 0.15) is 29.9 Å². The Bertz CT molecular complexity index is 663. The second kappa shape index (κ2) is 7.45. The van der Waals surface area contributed by atoms with Gasteiger partial charge in [0.15, 0.2) is 0 Å². The Hall–Kier alpha value is -2.40. The van der Waals surface area contributed by atoms with E-state index in [4.69, 9.17) is 4.74 Å². The van der Waals surface area contributed by atoms with E-state index in [2.05, 4.69) is 24.1 Å². The molecule has 1 saturated heterocycles. The third kappa shape index (κ3) is 4.11. The Balaban J connectivity index is 1.60. The van der Waals surface area contributed by atoms with Crippen molar-refractivity contribution in [2.75, 3.05) is 13.1 Å². The number of carbonyl (C=O) groups is 1. The Labute approximate surface area is 142 Å². The monoisotopic (exact) mass is 325 g/mol. The second-order valence-electron chi connectivity index (χ2n) is 6.31. The minimum atomic E-state index is 0.0754. The molecule has 1 aliphatic rings. The molecule has 5 nitrogen and oxygen atoms in total. The molecule has 2 heterocycles. The molecule has 0 unspecified atom stereocenters. The predicted octanol–water partition coefficient (Wildman–Crippen LogP) is 2.48. The van der Waals surface area contributed by atoms with E-state index in [0.29, 0.717) is 24.3 Å². The molecule has 2 aromatic rings. The van der Waals surface area contributed by atoms with E-state index in [1.807, 2.05) is 47.4 Å². The number of carbonyl (C=O) groups excluding carboxylic acids is 1. The van der Waals surface area contributed by atoms with E-state index in [9.17, 15) is 4.79 Å². The third-order valence-electron chi connectivity index (χ3n) is 4.06. The van der Waals surface area contributed by atoms with Crippen LogP contribution in [0.2, 0.25) is 0 Å². The van der Waals surface area contributed by atoms with Gasteiger partial charge < -0.3 is 15.0 Å². The minimum Gasteiger partial charge on any atom is -0.487 e. The molecule has 0 radical (unpaired) electrons. The number of nitrogens with zero attached hydrogens (tertiary/aromatic N) is 2. The number of rotatable bonds is 4. The fraction of sp³-hybridized carbons (Fsp3) is 0.368. The lowest BCUT2D eigenvalue weighted by molar-refractivity contribution is 0.0673. The molecule has 0 spiro atoms. The van der Waals surface area contributed by atoms with E-state index in [0.717, 1.165) is 24.5 Å². The second-order valence-corrected chi connectivity index (χ2v) is 6.31. The maximum atomic E-state index is 12.6. The normalized spacial score (nSPS) is 20.7. The zero-order chi connectivity index (χ0) is 16.9.